The van der Waals surface area contributed by atoms with Gasteiger partial charge in [-0.2, -0.15) is 0 Å². The largest absolute Gasteiger partial charge is 0.342 e. The van der Waals surface area contributed by atoms with Crippen LogP contribution in [0.4, 0.5) is 5.95 Å². The van der Waals surface area contributed by atoms with Crippen LogP contribution in [0.5, 0.6) is 0 Å². The molecule has 0 spiro atoms. The van der Waals surface area contributed by atoms with Gasteiger partial charge in [0.2, 0.25) is 5.95 Å². The number of hydrogen-bond donors (Lipinski definition) is 0. The van der Waals surface area contributed by atoms with E-state index < -0.39 is 0 Å². The first kappa shape index (κ1) is 12.2. The minimum absolute atomic E-state index is 0.892. The molecule has 1 aliphatic rings. The third-order valence-electron chi connectivity index (χ3n) is 3.84. The second-order valence-corrected chi connectivity index (χ2v) is 6.03. The lowest BCUT2D eigenvalue weighted by Crippen LogP contribution is -2.35. The molecule has 3 rings (SSSR count). The van der Waals surface area contributed by atoms with Gasteiger partial charge in [0.05, 0.1) is 3.57 Å². The van der Waals surface area contributed by atoms with Gasteiger partial charge in [-0.25, -0.2) is 9.97 Å². The van der Waals surface area contributed by atoms with Crippen LogP contribution in [0.1, 0.15) is 26.2 Å². The van der Waals surface area contributed by atoms with Gasteiger partial charge >= 0.3 is 0 Å². The zero-order valence-corrected chi connectivity index (χ0v) is 12.7. The molecule has 1 fully saturated rings. The molecule has 2 aromatic heterocycles. The van der Waals surface area contributed by atoms with Crippen molar-refractivity contribution in [3.63, 3.8) is 0 Å². The van der Waals surface area contributed by atoms with E-state index in [2.05, 4.69) is 48.8 Å². The van der Waals surface area contributed by atoms with Crippen molar-refractivity contribution in [2.45, 2.75) is 26.2 Å². The summed E-state index contributed by atoms with van der Waals surface area (Å²) in [6, 6.07) is 0. The molecule has 0 atom stereocenters. The van der Waals surface area contributed by atoms with E-state index in [0.717, 1.165) is 34.2 Å². The number of imidazole rings is 1. The SMILES string of the molecule is CCC1CCN(c2ncc(I)c3nccn23)CC1. The Morgan fingerprint density at radius 2 is 2.11 bits per heavy atom. The fourth-order valence-electron chi connectivity index (χ4n) is 2.65. The van der Waals surface area contributed by atoms with Crippen LogP contribution in [0.3, 0.4) is 0 Å². The Balaban J connectivity index is 1.91. The summed E-state index contributed by atoms with van der Waals surface area (Å²) >= 11 is 2.29. The fourth-order valence-corrected chi connectivity index (χ4v) is 3.19. The molecule has 1 saturated heterocycles. The molecule has 0 saturated carbocycles. The second-order valence-electron chi connectivity index (χ2n) is 4.87. The predicted octanol–water partition coefficient (Wildman–Crippen LogP) is 2.96. The lowest BCUT2D eigenvalue weighted by molar-refractivity contribution is 0.391. The minimum atomic E-state index is 0.892. The first-order chi connectivity index (χ1) is 8.79. The molecule has 4 nitrogen and oxygen atoms in total. The molecule has 0 radical (unpaired) electrons. The van der Waals surface area contributed by atoms with Gasteiger partial charge in [0.15, 0.2) is 5.65 Å². The normalized spacial score (nSPS) is 17.6. The van der Waals surface area contributed by atoms with Crippen LogP contribution in [-0.2, 0) is 0 Å². The number of hydrogen-bond acceptors (Lipinski definition) is 3. The van der Waals surface area contributed by atoms with E-state index in [4.69, 9.17) is 0 Å². The molecule has 0 unspecified atom stereocenters. The van der Waals surface area contributed by atoms with Crippen LogP contribution < -0.4 is 4.90 Å². The topological polar surface area (TPSA) is 33.4 Å². The molecule has 0 bridgehead atoms. The first-order valence-corrected chi connectivity index (χ1v) is 7.60. The Labute approximate surface area is 121 Å². The molecular weight excluding hydrogens is 339 g/mol. The number of aromatic nitrogens is 3. The van der Waals surface area contributed by atoms with E-state index in [9.17, 15) is 0 Å². The zero-order valence-electron chi connectivity index (χ0n) is 10.5. The van der Waals surface area contributed by atoms with E-state index in [0.29, 0.717) is 0 Å². The summed E-state index contributed by atoms with van der Waals surface area (Å²) in [6.45, 7) is 4.51. The fraction of sp³-hybridized carbons (Fsp3) is 0.538. The van der Waals surface area contributed by atoms with Crippen LogP contribution >= 0.6 is 22.6 Å². The molecule has 0 aliphatic carbocycles. The van der Waals surface area contributed by atoms with Crippen molar-refractivity contribution in [3.8, 4) is 0 Å². The highest BCUT2D eigenvalue weighted by Crippen LogP contribution is 2.25. The standard InChI is InChI=1S/C13H17IN4/c1-2-10-3-6-17(7-4-10)13-16-9-11(14)12-15-5-8-18(12)13/h5,8-10H,2-4,6-7H2,1H3. The van der Waals surface area contributed by atoms with E-state index >= 15 is 0 Å². The van der Waals surface area contributed by atoms with Crippen molar-refractivity contribution in [3.05, 3.63) is 22.2 Å². The van der Waals surface area contributed by atoms with E-state index in [-0.39, 0.29) is 0 Å². The number of nitrogens with zero attached hydrogens (tertiary/aromatic N) is 4. The molecule has 96 valence electrons. The molecule has 18 heavy (non-hydrogen) atoms. The number of anilines is 1. The molecule has 0 amide bonds. The number of rotatable bonds is 2. The van der Waals surface area contributed by atoms with Crippen molar-refractivity contribution >= 4 is 34.2 Å². The van der Waals surface area contributed by atoms with E-state index in [1.165, 1.54) is 19.3 Å². The van der Waals surface area contributed by atoms with Crippen molar-refractivity contribution in [2.75, 3.05) is 18.0 Å². The summed E-state index contributed by atoms with van der Waals surface area (Å²) in [5.41, 5.74) is 1.01. The van der Waals surface area contributed by atoms with E-state index in [1.807, 2.05) is 18.6 Å². The van der Waals surface area contributed by atoms with Crippen molar-refractivity contribution < 1.29 is 0 Å². The average Bonchev–Trinajstić information content (AvgIpc) is 2.90. The van der Waals surface area contributed by atoms with Gasteiger partial charge in [-0.1, -0.05) is 13.3 Å². The maximum atomic E-state index is 4.59. The highest BCUT2D eigenvalue weighted by atomic mass is 127. The number of fused-ring (bicyclic) bond motifs is 1. The highest BCUT2D eigenvalue weighted by molar-refractivity contribution is 14.1. The maximum Gasteiger partial charge on any atom is 0.211 e. The summed E-state index contributed by atoms with van der Waals surface area (Å²) in [4.78, 5) is 11.4. The molecule has 0 aromatic carbocycles. The zero-order chi connectivity index (χ0) is 12.5. The van der Waals surface area contributed by atoms with Crippen molar-refractivity contribution in [1.29, 1.82) is 0 Å². The van der Waals surface area contributed by atoms with Crippen LogP contribution in [0.25, 0.3) is 5.65 Å². The first-order valence-electron chi connectivity index (χ1n) is 6.52. The van der Waals surface area contributed by atoms with Gasteiger partial charge in [0.1, 0.15) is 0 Å². The van der Waals surface area contributed by atoms with Crippen molar-refractivity contribution in [1.82, 2.24) is 14.4 Å². The van der Waals surface area contributed by atoms with Gasteiger partial charge in [-0.05, 0) is 41.4 Å². The van der Waals surface area contributed by atoms with Gasteiger partial charge in [-0.3, -0.25) is 4.40 Å². The summed E-state index contributed by atoms with van der Waals surface area (Å²) in [6.07, 6.45) is 9.63. The summed E-state index contributed by atoms with van der Waals surface area (Å²) in [7, 11) is 0. The van der Waals surface area contributed by atoms with E-state index in [1.54, 1.807) is 0 Å². The summed E-state index contributed by atoms with van der Waals surface area (Å²) in [5, 5.41) is 0. The Kier molecular flexibility index (Phi) is 3.41. The second kappa shape index (κ2) is 5.03. The van der Waals surface area contributed by atoms with Gasteiger partial charge in [0, 0.05) is 31.7 Å². The van der Waals surface area contributed by atoms with Gasteiger partial charge in [-0.15, -0.1) is 0 Å². The monoisotopic (exact) mass is 356 g/mol. The maximum absolute atomic E-state index is 4.59. The number of piperidine rings is 1. The van der Waals surface area contributed by atoms with Crippen LogP contribution in [-0.4, -0.2) is 27.5 Å². The quantitative estimate of drug-likeness (QED) is 0.776. The highest BCUT2D eigenvalue weighted by Gasteiger charge is 2.21. The molecule has 0 N–H and O–H groups in total. The lowest BCUT2D eigenvalue weighted by Gasteiger charge is -2.32. The van der Waals surface area contributed by atoms with Crippen LogP contribution in [0, 0.1) is 9.49 Å². The van der Waals surface area contributed by atoms with Crippen molar-refractivity contribution in [2.24, 2.45) is 5.92 Å². The smallest absolute Gasteiger partial charge is 0.211 e. The number of halogens is 1. The molecular formula is C13H17IN4. The van der Waals surface area contributed by atoms with Crippen LogP contribution in [0.15, 0.2) is 18.6 Å². The molecule has 1 aliphatic heterocycles. The molecule has 2 aromatic rings. The Morgan fingerprint density at radius 1 is 1.33 bits per heavy atom. The van der Waals surface area contributed by atoms with Crippen LogP contribution in [0.2, 0.25) is 0 Å². The third kappa shape index (κ3) is 2.08. The lowest BCUT2D eigenvalue weighted by atomic mass is 9.95. The Morgan fingerprint density at radius 3 is 2.83 bits per heavy atom. The minimum Gasteiger partial charge on any atom is -0.342 e. The Hall–Kier alpha value is -0.850. The molecule has 3 heterocycles. The average molecular weight is 356 g/mol. The van der Waals surface area contributed by atoms with Gasteiger partial charge < -0.3 is 4.90 Å². The predicted molar refractivity (Wildman–Crippen MR) is 80.9 cm³/mol. The Bertz CT molecular complexity index is 543. The summed E-state index contributed by atoms with van der Waals surface area (Å²) < 4.78 is 3.21. The van der Waals surface area contributed by atoms with Gasteiger partial charge in [0.25, 0.3) is 0 Å². The third-order valence-corrected chi connectivity index (χ3v) is 4.60. The molecule has 5 heteroatoms. The summed E-state index contributed by atoms with van der Waals surface area (Å²) in [5.74, 6) is 1.93.